The first-order chi connectivity index (χ1) is 8.14. The first-order valence-corrected chi connectivity index (χ1v) is 6.15. The Labute approximate surface area is 115 Å². The number of halogens is 2. The molecule has 1 saturated carbocycles. The summed E-state index contributed by atoms with van der Waals surface area (Å²) in [7, 11) is 1.37. The highest BCUT2D eigenvalue weighted by molar-refractivity contribution is 6.61. The highest BCUT2D eigenvalue weighted by atomic mass is 35.5. The maximum absolute atomic E-state index is 11.9. The third kappa shape index (κ3) is 1.99. The normalized spacial score (nSPS) is 37.6. The molecule has 1 N–H and O–H groups in total. The van der Waals surface area contributed by atoms with Crippen LogP contribution in [0, 0.1) is 11.8 Å². The lowest BCUT2D eigenvalue weighted by Crippen LogP contribution is -2.62. The van der Waals surface area contributed by atoms with E-state index >= 15 is 0 Å². The molecular formula is C11H14Cl2O5. The second kappa shape index (κ2) is 4.16. The van der Waals surface area contributed by atoms with Gasteiger partial charge in [0.15, 0.2) is 15.9 Å². The van der Waals surface area contributed by atoms with Crippen LogP contribution in [0.2, 0.25) is 0 Å². The Bertz CT molecular complexity index is 401. The highest BCUT2D eigenvalue weighted by Crippen LogP contribution is 2.58. The average Bonchev–Trinajstić information content (AvgIpc) is 2.63. The number of hydrogen-bond donors (Lipinski definition) is 1. The molecule has 0 bridgehead atoms. The number of Topliss-reactive ketones (excluding diaryl/α,β-unsaturated/α-hetero) is 1. The van der Waals surface area contributed by atoms with Crippen LogP contribution < -0.4 is 0 Å². The van der Waals surface area contributed by atoms with Gasteiger partial charge < -0.3 is 9.84 Å². The van der Waals surface area contributed by atoms with Crippen molar-refractivity contribution in [1.29, 1.82) is 0 Å². The zero-order valence-corrected chi connectivity index (χ0v) is 11.7. The van der Waals surface area contributed by atoms with E-state index in [9.17, 15) is 9.90 Å². The lowest BCUT2D eigenvalue weighted by Gasteiger charge is -2.46. The molecule has 1 fully saturated rings. The molecule has 2 aliphatic carbocycles. The van der Waals surface area contributed by atoms with Crippen molar-refractivity contribution in [3.8, 4) is 0 Å². The van der Waals surface area contributed by atoms with Crippen LogP contribution in [0.25, 0.3) is 0 Å². The van der Waals surface area contributed by atoms with Crippen LogP contribution in [0.1, 0.15) is 13.8 Å². The van der Waals surface area contributed by atoms with Crippen LogP contribution in [0.3, 0.4) is 0 Å². The molecule has 3 unspecified atom stereocenters. The number of carbonyl (C=O) groups is 1. The van der Waals surface area contributed by atoms with Gasteiger partial charge in [0.2, 0.25) is 5.79 Å². The largest absolute Gasteiger partial charge is 0.364 e. The predicted molar refractivity (Wildman–Crippen MR) is 63.8 cm³/mol. The molecule has 18 heavy (non-hydrogen) atoms. The molecule has 7 heteroatoms. The fraction of sp³-hybridized carbons (Fsp3) is 0.727. The van der Waals surface area contributed by atoms with E-state index in [1.54, 1.807) is 6.08 Å². The Morgan fingerprint density at radius 1 is 1.44 bits per heavy atom. The summed E-state index contributed by atoms with van der Waals surface area (Å²) in [5.74, 6) is -4.35. The number of aliphatic hydroxyl groups is 1. The molecule has 102 valence electrons. The van der Waals surface area contributed by atoms with Crippen molar-refractivity contribution >= 4 is 29.0 Å². The molecule has 2 aliphatic rings. The van der Waals surface area contributed by atoms with Gasteiger partial charge in [-0.15, -0.1) is 0 Å². The van der Waals surface area contributed by atoms with Gasteiger partial charge in [-0.2, -0.15) is 9.78 Å². The summed E-state index contributed by atoms with van der Waals surface area (Å²) < 4.78 is 3.76. The van der Waals surface area contributed by atoms with Crippen molar-refractivity contribution in [2.45, 2.75) is 29.8 Å². The number of ketones is 1. The smallest absolute Gasteiger partial charge is 0.231 e. The molecule has 2 rings (SSSR count). The van der Waals surface area contributed by atoms with Crippen molar-refractivity contribution in [1.82, 2.24) is 0 Å². The number of allylic oxidation sites excluding steroid dienone is 1. The SMILES string of the molecule is COC1(OOC(C)(C)O)C=CC2C1C(=O)C2(Cl)Cl. The summed E-state index contributed by atoms with van der Waals surface area (Å²) in [5.41, 5.74) is 0. The van der Waals surface area contributed by atoms with Crippen molar-refractivity contribution < 1.29 is 24.4 Å². The standard InChI is InChI=1S/C11H14Cl2O5/c1-9(2,15)17-18-10(16-3)5-4-6-7(10)8(14)11(6,12)13/h4-7,15H,1-3H3. The molecule has 0 amide bonds. The second-order valence-corrected chi connectivity index (χ2v) is 6.27. The van der Waals surface area contributed by atoms with Crippen LogP contribution >= 0.6 is 23.2 Å². The van der Waals surface area contributed by atoms with Crippen molar-refractivity contribution in [2.75, 3.05) is 7.11 Å². The van der Waals surface area contributed by atoms with E-state index < -0.39 is 27.7 Å². The molecule has 0 saturated heterocycles. The summed E-state index contributed by atoms with van der Waals surface area (Å²) in [6.07, 6.45) is 3.18. The number of alkyl halides is 2. The summed E-state index contributed by atoms with van der Waals surface area (Å²) in [4.78, 5) is 21.8. The number of carbonyl (C=O) groups excluding carboxylic acids is 1. The Kier molecular flexibility index (Phi) is 3.29. The number of ether oxygens (including phenoxy) is 1. The van der Waals surface area contributed by atoms with Crippen molar-refractivity contribution in [3.63, 3.8) is 0 Å². The van der Waals surface area contributed by atoms with Gasteiger partial charge in [0, 0.05) is 13.0 Å². The van der Waals surface area contributed by atoms with E-state index in [0.717, 1.165) is 0 Å². The Morgan fingerprint density at radius 2 is 2.06 bits per heavy atom. The average molecular weight is 297 g/mol. The van der Waals surface area contributed by atoms with Gasteiger partial charge in [-0.1, -0.05) is 29.3 Å². The third-order valence-electron chi connectivity index (χ3n) is 3.05. The molecule has 0 aromatic heterocycles. The Balaban J connectivity index is 2.17. The molecule has 0 aliphatic heterocycles. The molecule has 5 nitrogen and oxygen atoms in total. The molecule has 0 spiro atoms. The summed E-state index contributed by atoms with van der Waals surface area (Å²) in [6, 6.07) is 0. The Hall–Kier alpha value is -0.170. The van der Waals surface area contributed by atoms with Gasteiger partial charge >= 0.3 is 0 Å². The van der Waals surface area contributed by atoms with Crippen molar-refractivity contribution in [2.24, 2.45) is 11.8 Å². The molecular weight excluding hydrogens is 283 g/mol. The van der Waals surface area contributed by atoms with Crippen LogP contribution in [0.5, 0.6) is 0 Å². The highest BCUT2D eigenvalue weighted by Gasteiger charge is 2.70. The molecule has 0 radical (unpaired) electrons. The summed E-state index contributed by atoms with van der Waals surface area (Å²) >= 11 is 11.8. The molecule has 3 atom stereocenters. The first-order valence-electron chi connectivity index (χ1n) is 5.40. The van der Waals surface area contributed by atoms with E-state index in [2.05, 4.69) is 0 Å². The second-order valence-electron chi connectivity index (χ2n) is 4.89. The third-order valence-corrected chi connectivity index (χ3v) is 3.93. The molecule has 0 aromatic rings. The van der Waals surface area contributed by atoms with E-state index in [1.807, 2.05) is 0 Å². The predicted octanol–water partition coefficient (Wildman–Crippen LogP) is 1.56. The minimum absolute atomic E-state index is 0.387. The molecule has 0 heterocycles. The van der Waals surface area contributed by atoms with Crippen LogP contribution in [-0.4, -0.2) is 33.9 Å². The van der Waals surface area contributed by atoms with Crippen LogP contribution in [0.15, 0.2) is 12.2 Å². The van der Waals surface area contributed by atoms with Gasteiger partial charge in [0.05, 0.1) is 5.92 Å². The fourth-order valence-corrected chi connectivity index (χ4v) is 2.76. The zero-order chi connectivity index (χ0) is 13.8. The summed E-state index contributed by atoms with van der Waals surface area (Å²) in [6.45, 7) is 2.78. The van der Waals surface area contributed by atoms with E-state index in [1.165, 1.54) is 27.0 Å². The summed E-state index contributed by atoms with van der Waals surface area (Å²) in [5, 5.41) is 9.46. The van der Waals surface area contributed by atoms with E-state index in [0.29, 0.717) is 0 Å². The van der Waals surface area contributed by atoms with E-state index in [4.69, 9.17) is 37.7 Å². The maximum Gasteiger partial charge on any atom is 0.231 e. The quantitative estimate of drug-likeness (QED) is 0.280. The number of methoxy groups -OCH3 is 1. The monoisotopic (exact) mass is 296 g/mol. The minimum atomic E-state index is -1.51. The van der Waals surface area contributed by atoms with Gasteiger partial charge in [0.25, 0.3) is 0 Å². The van der Waals surface area contributed by atoms with Crippen LogP contribution in [0.4, 0.5) is 0 Å². The lowest BCUT2D eigenvalue weighted by atomic mass is 9.71. The fourth-order valence-electron chi connectivity index (χ4n) is 2.13. The number of fused-ring (bicyclic) bond motifs is 1. The van der Waals surface area contributed by atoms with Gasteiger partial charge in [-0.25, -0.2) is 0 Å². The topological polar surface area (TPSA) is 65.0 Å². The maximum atomic E-state index is 11.9. The first kappa shape index (κ1) is 14.2. The Morgan fingerprint density at radius 3 is 2.56 bits per heavy atom. The van der Waals surface area contributed by atoms with Gasteiger partial charge in [-0.3, -0.25) is 4.79 Å². The zero-order valence-electron chi connectivity index (χ0n) is 10.1. The number of rotatable bonds is 4. The van der Waals surface area contributed by atoms with Crippen molar-refractivity contribution in [3.05, 3.63) is 12.2 Å². The minimum Gasteiger partial charge on any atom is -0.364 e. The van der Waals surface area contributed by atoms with Gasteiger partial charge in [0.1, 0.15) is 0 Å². The number of hydrogen-bond acceptors (Lipinski definition) is 5. The lowest BCUT2D eigenvalue weighted by molar-refractivity contribution is -0.485. The van der Waals surface area contributed by atoms with Gasteiger partial charge in [-0.05, 0) is 19.9 Å². The van der Waals surface area contributed by atoms with E-state index in [-0.39, 0.29) is 5.78 Å². The van der Waals surface area contributed by atoms with Crippen LogP contribution in [-0.2, 0) is 19.3 Å². The molecule has 0 aromatic carbocycles.